The molecule has 1 aromatic heterocycles. The first kappa shape index (κ1) is 22.5. The smallest absolute Gasteiger partial charge is 0.114 e. The lowest BCUT2D eigenvalue weighted by molar-refractivity contribution is 0.543. The van der Waals surface area contributed by atoms with Crippen molar-refractivity contribution in [2.75, 3.05) is 12.0 Å². The zero-order valence-electron chi connectivity index (χ0n) is 15.4. The van der Waals surface area contributed by atoms with Crippen molar-refractivity contribution < 1.29 is 0 Å². The topological polar surface area (TPSA) is 29.9 Å². The van der Waals surface area contributed by atoms with Crippen LogP contribution < -0.4 is 5.43 Å². The van der Waals surface area contributed by atoms with Gasteiger partial charge in [0.15, 0.2) is 0 Å². The summed E-state index contributed by atoms with van der Waals surface area (Å²) in [7, 11) is 0. The molecular weight excluding hydrogens is 350 g/mol. The molecule has 23 heavy (non-hydrogen) atoms. The molecule has 0 saturated carbocycles. The molecule has 0 spiro atoms. The fraction of sp³-hybridized carbons (Fsp3) is 0.842. The molecule has 0 aliphatic rings. The van der Waals surface area contributed by atoms with Gasteiger partial charge < -0.3 is 5.43 Å². The first-order chi connectivity index (χ1) is 10.9. The van der Waals surface area contributed by atoms with E-state index in [9.17, 15) is 0 Å². The van der Waals surface area contributed by atoms with Crippen molar-refractivity contribution >= 4 is 17.0 Å². The number of unbranched alkanes of at least 4 members (excludes halogenated alkanes) is 11. The second-order valence-electron chi connectivity index (χ2n) is 6.42. The minimum atomic E-state index is 0. The van der Waals surface area contributed by atoms with Crippen LogP contribution in [0.2, 0.25) is 0 Å². The normalized spacial score (nSPS) is 10.5. The lowest BCUT2D eigenvalue weighted by Gasteiger charge is -2.02. The van der Waals surface area contributed by atoms with E-state index < -0.39 is 0 Å². The Morgan fingerprint density at radius 2 is 1.35 bits per heavy atom. The van der Waals surface area contributed by atoms with E-state index in [1.165, 1.54) is 82.7 Å². The van der Waals surface area contributed by atoms with Crippen LogP contribution in [0.25, 0.3) is 0 Å². The van der Waals surface area contributed by atoms with Gasteiger partial charge in [-0.2, -0.15) is 0 Å². The van der Waals surface area contributed by atoms with Gasteiger partial charge >= 0.3 is 0 Å². The summed E-state index contributed by atoms with van der Waals surface area (Å²) in [6, 6.07) is 0. The maximum Gasteiger partial charge on any atom is 0.114 e. The molecule has 1 heterocycles. The Hall–Kier alpha value is -0.510. The van der Waals surface area contributed by atoms with Crippen LogP contribution in [0.15, 0.2) is 12.5 Å². The summed E-state index contributed by atoms with van der Waals surface area (Å²) < 4.78 is 1.97. The fourth-order valence-corrected chi connectivity index (χ4v) is 2.91. The van der Waals surface area contributed by atoms with Crippen LogP contribution in [-0.2, 0) is 6.42 Å². The molecule has 1 N–H and O–H groups in total. The second kappa shape index (κ2) is 16.4. The highest BCUT2D eigenvalue weighted by Gasteiger charge is 1.98. The van der Waals surface area contributed by atoms with Gasteiger partial charge in [-0.15, -0.1) is 17.0 Å². The molecule has 3 nitrogen and oxygen atoms in total. The van der Waals surface area contributed by atoms with Crippen LogP contribution in [0.5, 0.6) is 0 Å². The van der Waals surface area contributed by atoms with Gasteiger partial charge in [-0.1, -0.05) is 77.6 Å². The Morgan fingerprint density at radius 3 is 1.87 bits per heavy atom. The summed E-state index contributed by atoms with van der Waals surface area (Å²) in [5.74, 6) is 0. The Morgan fingerprint density at radius 1 is 0.826 bits per heavy atom. The van der Waals surface area contributed by atoms with Gasteiger partial charge in [0.2, 0.25) is 0 Å². The van der Waals surface area contributed by atoms with Crippen molar-refractivity contribution in [3.8, 4) is 0 Å². The number of nitrogens with zero attached hydrogens (tertiary/aromatic N) is 2. The number of aromatic nitrogens is 2. The van der Waals surface area contributed by atoms with Gasteiger partial charge in [-0.25, -0.2) is 4.98 Å². The number of imidazole rings is 1. The van der Waals surface area contributed by atoms with Gasteiger partial charge in [0.1, 0.15) is 6.33 Å². The molecule has 0 aliphatic heterocycles. The number of hydrogen-bond donors (Lipinski definition) is 1. The lowest BCUT2D eigenvalue weighted by atomic mass is 10.0. The van der Waals surface area contributed by atoms with E-state index in [2.05, 4.69) is 30.5 Å². The largest absolute Gasteiger partial charge is 0.325 e. The Bertz CT molecular complexity index is 352. The average Bonchev–Trinajstić information content (AvgIpc) is 2.96. The van der Waals surface area contributed by atoms with Gasteiger partial charge in [0.25, 0.3) is 0 Å². The molecule has 0 fully saturated rings. The Kier molecular flexibility index (Phi) is 16.0. The standard InChI is InChI=1S/C19H37N3.BrH/c1-3-5-6-7-8-9-10-11-12-13-14-15-16-19-17-22(18-20-19)21-4-2;/h17-18,21H,3-16H2,1-2H3;1H. The predicted octanol–water partition coefficient (Wildman–Crippen LogP) is 6.27. The fourth-order valence-electron chi connectivity index (χ4n) is 2.91. The highest BCUT2D eigenvalue weighted by molar-refractivity contribution is 8.93. The van der Waals surface area contributed by atoms with Gasteiger partial charge in [-0.05, 0) is 19.8 Å². The van der Waals surface area contributed by atoms with Crippen LogP contribution in [0, 0.1) is 0 Å². The van der Waals surface area contributed by atoms with E-state index in [1.807, 2.05) is 11.0 Å². The molecule has 136 valence electrons. The van der Waals surface area contributed by atoms with E-state index in [0.717, 1.165) is 13.0 Å². The zero-order valence-corrected chi connectivity index (χ0v) is 17.1. The van der Waals surface area contributed by atoms with E-state index in [0.29, 0.717) is 0 Å². The summed E-state index contributed by atoms with van der Waals surface area (Å²) in [5.41, 5.74) is 4.44. The SMILES string of the molecule is Br.CCCCCCCCCCCCCCc1cn(NCC)cn1. The molecular formula is C19H38BrN3. The maximum absolute atomic E-state index is 4.42. The molecule has 1 rings (SSSR count). The summed E-state index contributed by atoms with van der Waals surface area (Å²) in [5, 5.41) is 0. The highest BCUT2D eigenvalue weighted by atomic mass is 79.9. The second-order valence-corrected chi connectivity index (χ2v) is 6.42. The quantitative estimate of drug-likeness (QED) is 0.359. The molecule has 0 aromatic carbocycles. The minimum absolute atomic E-state index is 0. The Labute approximate surface area is 154 Å². The summed E-state index contributed by atoms with van der Waals surface area (Å²) in [6.45, 7) is 5.33. The number of aryl methyl sites for hydroxylation is 1. The van der Waals surface area contributed by atoms with Crippen LogP contribution in [0.3, 0.4) is 0 Å². The van der Waals surface area contributed by atoms with Crippen LogP contribution in [0.1, 0.15) is 96.6 Å². The van der Waals surface area contributed by atoms with Gasteiger partial charge in [0.05, 0.1) is 5.69 Å². The van der Waals surface area contributed by atoms with Crippen LogP contribution in [-0.4, -0.2) is 16.2 Å². The van der Waals surface area contributed by atoms with Crippen molar-refractivity contribution in [2.24, 2.45) is 0 Å². The number of rotatable bonds is 15. The molecule has 0 aliphatic carbocycles. The first-order valence-corrected chi connectivity index (χ1v) is 9.63. The summed E-state index contributed by atoms with van der Waals surface area (Å²) in [4.78, 5) is 4.42. The Balaban J connectivity index is 0.00000484. The maximum atomic E-state index is 4.42. The van der Waals surface area contributed by atoms with Gasteiger partial charge in [-0.3, -0.25) is 4.68 Å². The lowest BCUT2D eigenvalue weighted by Crippen LogP contribution is -2.10. The van der Waals surface area contributed by atoms with Gasteiger partial charge in [0, 0.05) is 12.7 Å². The third-order valence-electron chi connectivity index (χ3n) is 4.26. The third-order valence-corrected chi connectivity index (χ3v) is 4.26. The molecule has 0 bridgehead atoms. The summed E-state index contributed by atoms with van der Waals surface area (Å²) in [6.07, 6.45) is 22.0. The molecule has 0 amide bonds. The summed E-state index contributed by atoms with van der Waals surface area (Å²) >= 11 is 0. The molecule has 0 saturated heterocycles. The molecule has 0 atom stereocenters. The van der Waals surface area contributed by atoms with Crippen molar-refractivity contribution in [1.29, 1.82) is 0 Å². The minimum Gasteiger partial charge on any atom is -0.325 e. The number of hydrogen-bond acceptors (Lipinski definition) is 2. The van der Waals surface area contributed by atoms with E-state index in [1.54, 1.807) is 0 Å². The van der Waals surface area contributed by atoms with Crippen molar-refractivity contribution in [3.63, 3.8) is 0 Å². The predicted molar refractivity (Wildman–Crippen MR) is 107 cm³/mol. The van der Waals surface area contributed by atoms with Crippen molar-refractivity contribution in [3.05, 3.63) is 18.2 Å². The van der Waals surface area contributed by atoms with Crippen LogP contribution in [0.4, 0.5) is 0 Å². The number of halogens is 1. The van der Waals surface area contributed by atoms with E-state index in [4.69, 9.17) is 0 Å². The molecule has 1 aromatic rings. The monoisotopic (exact) mass is 387 g/mol. The van der Waals surface area contributed by atoms with E-state index >= 15 is 0 Å². The van der Waals surface area contributed by atoms with Crippen molar-refractivity contribution in [1.82, 2.24) is 9.66 Å². The van der Waals surface area contributed by atoms with E-state index in [-0.39, 0.29) is 17.0 Å². The zero-order chi connectivity index (χ0) is 15.9. The number of nitrogens with one attached hydrogen (secondary N) is 1. The van der Waals surface area contributed by atoms with Crippen LogP contribution >= 0.6 is 17.0 Å². The molecule has 4 heteroatoms. The molecule has 0 radical (unpaired) electrons. The first-order valence-electron chi connectivity index (χ1n) is 9.63. The third kappa shape index (κ3) is 12.6. The van der Waals surface area contributed by atoms with Crippen molar-refractivity contribution in [2.45, 2.75) is 97.3 Å². The molecule has 0 unspecified atom stereocenters. The highest BCUT2D eigenvalue weighted by Crippen LogP contribution is 2.12. The average molecular weight is 388 g/mol.